The molecule has 5 heteroatoms. The molecule has 2 aliphatic heterocycles. The van der Waals surface area contributed by atoms with Crippen LogP contribution in [0.2, 0.25) is 0 Å². The predicted molar refractivity (Wildman–Crippen MR) is 78.1 cm³/mol. The normalized spacial score (nSPS) is 30.2. The van der Waals surface area contributed by atoms with Crippen LogP contribution in [0.5, 0.6) is 0 Å². The minimum atomic E-state index is 0.0531. The van der Waals surface area contributed by atoms with Crippen LogP contribution < -0.4 is 0 Å². The molecule has 2 atom stereocenters. The van der Waals surface area contributed by atoms with Gasteiger partial charge in [-0.2, -0.15) is 0 Å². The molecule has 0 N–H and O–H groups in total. The smallest absolute Gasteiger partial charge is 0.276 e. The van der Waals surface area contributed by atoms with E-state index in [1.54, 1.807) is 0 Å². The van der Waals surface area contributed by atoms with E-state index >= 15 is 0 Å². The number of hydrogen-bond acceptors (Lipinski definition) is 4. The molecule has 0 radical (unpaired) electrons. The molecular formula is C16H23N3O2. The van der Waals surface area contributed by atoms with Gasteiger partial charge >= 0.3 is 0 Å². The van der Waals surface area contributed by atoms with Gasteiger partial charge < -0.3 is 14.3 Å². The lowest BCUT2D eigenvalue weighted by Crippen LogP contribution is -2.53. The maximum Gasteiger partial charge on any atom is 0.276 e. The number of nitrogens with zero attached hydrogens (tertiary/aromatic N) is 3. The van der Waals surface area contributed by atoms with Crippen LogP contribution in [0.3, 0.4) is 0 Å². The fraction of sp³-hybridized carbons (Fsp3) is 0.750. The second kappa shape index (κ2) is 5.13. The fourth-order valence-electron chi connectivity index (χ4n) is 3.95. The summed E-state index contributed by atoms with van der Waals surface area (Å²) in [7, 11) is 2.22. The molecule has 3 heterocycles. The van der Waals surface area contributed by atoms with Crippen LogP contribution in [0.25, 0.3) is 0 Å². The van der Waals surface area contributed by atoms with Gasteiger partial charge in [-0.25, -0.2) is 0 Å². The SMILES string of the molecule is CN1CCC[C@@H]2CN(C(=O)c3cc(C4CC4)on3)CC[C@@H]21. The predicted octanol–water partition coefficient (Wildman–Crippen LogP) is 2.11. The summed E-state index contributed by atoms with van der Waals surface area (Å²) >= 11 is 0. The number of amides is 1. The Morgan fingerprint density at radius 2 is 2.14 bits per heavy atom. The molecule has 3 aliphatic rings. The molecule has 0 aromatic carbocycles. The van der Waals surface area contributed by atoms with Crippen molar-refractivity contribution in [1.29, 1.82) is 0 Å². The number of rotatable bonds is 2. The molecule has 2 saturated heterocycles. The third kappa shape index (κ3) is 2.48. The molecule has 1 aliphatic carbocycles. The van der Waals surface area contributed by atoms with Crippen LogP contribution in [-0.4, -0.2) is 53.6 Å². The molecule has 1 aromatic heterocycles. The van der Waals surface area contributed by atoms with Crippen molar-refractivity contribution < 1.29 is 9.32 Å². The Labute approximate surface area is 125 Å². The van der Waals surface area contributed by atoms with Crippen molar-refractivity contribution in [2.24, 2.45) is 5.92 Å². The Balaban J connectivity index is 1.44. The van der Waals surface area contributed by atoms with Crippen molar-refractivity contribution in [3.8, 4) is 0 Å². The second-order valence-electron chi connectivity index (χ2n) is 6.88. The highest BCUT2D eigenvalue weighted by Gasteiger charge is 2.37. The van der Waals surface area contributed by atoms with E-state index in [2.05, 4.69) is 17.1 Å². The van der Waals surface area contributed by atoms with Gasteiger partial charge in [0.2, 0.25) is 0 Å². The van der Waals surface area contributed by atoms with Crippen molar-refractivity contribution in [2.45, 2.75) is 44.1 Å². The highest BCUT2D eigenvalue weighted by Crippen LogP contribution is 2.40. The molecule has 0 unspecified atom stereocenters. The Bertz CT molecular complexity index is 537. The first-order chi connectivity index (χ1) is 10.2. The maximum atomic E-state index is 12.6. The summed E-state index contributed by atoms with van der Waals surface area (Å²) in [6.07, 6.45) is 5.91. The molecule has 4 rings (SSSR count). The Hall–Kier alpha value is -1.36. The third-order valence-corrected chi connectivity index (χ3v) is 5.36. The van der Waals surface area contributed by atoms with Gasteiger partial charge in [0, 0.05) is 31.1 Å². The molecule has 0 spiro atoms. The minimum absolute atomic E-state index is 0.0531. The largest absolute Gasteiger partial charge is 0.360 e. The summed E-state index contributed by atoms with van der Waals surface area (Å²) in [6, 6.07) is 2.51. The minimum Gasteiger partial charge on any atom is -0.360 e. The topological polar surface area (TPSA) is 49.6 Å². The number of carbonyl (C=O) groups excluding carboxylic acids is 1. The Kier molecular flexibility index (Phi) is 3.25. The lowest BCUT2D eigenvalue weighted by Gasteiger charge is -2.45. The van der Waals surface area contributed by atoms with Gasteiger partial charge in [0.1, 0.15) is 5.76 Å². The molecule has 1 saturated carbocycles. The number of likely N-dealkylation sites (tertiary alicyclic amines) is 2. The van der Waals surface area contributed by atoms with E-state index in [0.29, 0.717) is 23.6 Å². The van der Waals surface area contributed by atoms with Gasteiger partial charge in [-0.3, -0.25) is 4.79 Å². The van der Waals surface area contributed by atoms with E-state index < -0.39 is 0 Å². The van der Waals surface area contributed by atoms with Gasteiger partial charge in [0.25, 0.3) is 5.91 Å². The lowest BCUT2D eigenvalue weighted by molar-refractivity contribution is 0.0311. The highest BCUT2D eigenvalue weighted by atomic mass is 16.5. The van der Waals surface area contributed by atoms with Crippen LogP contribution in [0.15, 0.2) is 10.6 Å². The number of aromatic nitrogens is 1. The quantitative estimate of drug-likeness (QED) is 0.836. The zero-order valence-corrected chi connectivity index (χ0v) is 12.6. The summed E-state index contributed by atoms with van der Waals surface area (Å²) in [5, 5.41) is 3.99. The van der Waals surface area contributed by atoms with Gasteiger partial charge in [-0.15, -0.1) is 0 Å². The molecule has 1 amide bonds. The van der Waals surface area contributed by atoms with Gasteiger partial charge in [0.05, 0.1) is 0 Å². The van der Waals surface area contributed by atoms with E-state index in [1.807, 2.05) is 11.0 Å². The van der Waals surface area contributed by atoms with E-state index in [1.165, 1.54) is 32.2 Å². The summed E-state index contributed by atoms with van der Waals surface area (Å²) < 4.78 is 5.32. The summed E-state index contributed by atoms with van der Waals surface area (Å²) in [5.41, 5.74) is 0.500. The van der Waals surface area contributed by atoms with Crippen molar-refractivity contribution in [3.05, 3.63) is 17.5 Å². The average molecular weight is 289 g/mol. The second-order valence-corrected chi connectivity index (χ2v) is 6.88. The zero-order valence-electron chi connectivity index (χ0n) is 12.6. The van der Waals surface area contributed by atoms with Crippen molar-refractivity contribution in [1.82, 2.24) is 15.0 Å². The highest BCUT2D eigenvalue weighted by molar-refractivity contribution is 5.92. The number of piperidine rings is 2. The van der Waals surface area contributed by atoms with E-state index in [4.69, 9.17) is 4.52 Å². The summed E-state index contributed by atoms with van der Waals surface area (Å²) in [4.78, 5) is 17.1. The van der Waals surface area contributed by atoms with Crippen molar-refractivity contribution in [2.75, 3.05) is 26.7 Å². The van der Waals surface area contributed by atoms with Crippen LogP contribution in [0.1, 0.15) is 54.3 Å². The number of hydrogen-bond donors (Lipinski definition) is 0. The molecular weight excluding hydrogens is 266 g/mol. The average Bonchev–Trinajstić information content (AvgIpc) is 3.24. The molecule has 114 valence electrons. The van der Waals surface area contributed by atoms with E-state index in [-0.39, 0.29) is 5.91 Å². The van der Waals surface area contributed by atoms with Crippen molar-refractivity contribution in [3.63, 3.8) is 0 Å². The van der Waals surface area contributed by atoms with Crippen LogP contribution in [0, 0.1) is 5.92 Å². The molecule has 5 nitrogen and oxygen atoms in total. The summed E-state index contributed by atoms with van der Waals surface area (Å²) in [6.45, 7) is 2.92. The van der Waals surface area contributed by atoms with E-state index in [0.717, 1.165) is 25.3 Å². The first kappa shape index (κ1) is 13.3. The van der Waals surface area contributed by atoms with Crippen LogP contribution in [0.4, 0.5) is 0 Å². The third-order valence-electron chi connectivity index (χ3n) is 5.36. The zero-order chi connectivity index (χ0) is 14.4. The first-order valence-electron chi connectivity index (χ1n) is 8.18. The molecule has 21 heavy (non-hydrogen) atoms. The fourth-order valence-corrected chi connectivity index (χ4v) is 3.95. The number of carbonyl (C=O) groups is 1. The van der Waals surface area contributed by atoms with Gasteiger partial charge in [0.15, 0.2) is 5.69 Å². The monoisotopic (exact) mass is 289 g/mol. The van der Waals surface area contributed by atoms with Crippen LogP contribution >= 0.6 is 0 Å². The number of fused-ring (bicyclic) bond motifs is 1. The standard InChI is InChI=1S/C16H23N3O2/c1-18-7-2-3-12-10-19(8-6-14(12)18)16(20)13-9-15(21-17-13)11-4-5-11/h9,11-12,14H,2-8,10H2,1H3/t12-,14+/m1/s1. The summed E-state index contributed by atoms with van der Waals surface area (Å²) in [5.74, 6) is 2.08. The molecule has 0 bridgehead atoms. The van der Waals surface area contributed by atoms with Crippen LogP contribution in [-0.2, 0) is 0 Å². The van der Waals surface area contributed by atoms with Gasteiger partial charge in [-0.1, -0.05) is 5.16 Å². The molecule has 1 aromatic rings. The van der Waals surface area contributed by atoms with Crippen molar-refractivity contribution >= 4 is 5.91 Å². The Morgan fingerprint density at radius 3 is 2.95 bits per heavy atom. The Morgan fingerprint density at radius 1 is 1.29 bits per heavy atom. The lowest BCUT2D eigenvalue weighted by atomic mass is 9.84. The molecule has 3 fully saturated rings. The maximum absolute atomic E-state index is 12.6. The first-order valence-corrected chi connectivity index (χ1v) is 8.18. The van der Waals surface area contributed by atoms with Gasteiger partial charge in [-0.05, 0) is 51.6 Å². The van der Waals surface area contributed by atoms with E-state index in [9.17, 15) is 4.79 Å².